The van der Waals surface area contributed by atoms with E-state index in [1.165, 1.54) is 0 Å². The molecule has 0 saturated carbocycles. The van der Waals surface area contributed by atoms with Crippen molar-refractivity contribution in [3.63, 3.8) is 0 Å². The molecule has 1 aromatic heterocycles. The number of ether oxygens (including phenoxy) is 1. The minimum Gasteiger partial charge on any atom is -0.459 e. The molecule has 0 unspecified atom stereocenters. The second kappa shape index (κ2) is 2.27. The van der Waals surface area contributed by atoms with Crippen LogP contribution in [0.25, 0.3) is 0 Å². The molecular weight excluding hydrogens is 142 g/mol. The summed E-state index contributed by atoms with van der Waals surface area (Å²) >= 11 is 0. The molecule has 0 saturated heterocycles. The molecule has 3 nitrogen and oxygen atoms in total. The zero-order valence-electron chi connectivity index (χ0n) is 5.91. The highest BCUT2D eigenvalue weighted by Crippen LogP contribution is 2.13. The molecule has 0 bridgehead atoms. The molecule has 1 aliphatic rings. The van der Waals surface area contributed by atoms with Gasteiger partial charge in [-0.2, -0.15) is 0 Å². The summed E-state index contributed by atoms with van der Waals surface area (Å²) in [6.45, 7) is 4.17. The molecule has 11 heavy (non-hydrogen) atoms. The van der Waals surface area contributed by atoms with E-state index in [2.05, 4.69) is 11.6 Å². The quantitative estimate of drug-likeness (QED) is 0.607. The van der Waals surface area contributed by atoms with Crippen LogP contribution in [0.5, 0.6) is 0 Å². The van der Waals surface area contributed by atoms with E-state index in [0.717, 1.165) is 0 Å². The Balaban J connectivity index is 2.26. The molecule has 0 N–H and O–H groups in total. The van der Waals surface area contributed by atoms with Crippen molar-refractivity contribution >= 4 is 5.90 Å². The predicted molar refractivity (Wildman–Crippen MR) is 40.3 cm³/mol. The van der Waals surface area contributed by atoms with E-state index in [1.807, 2.05) is 0 Å². The highest BCUT2D eigenvalue weighted by Gasteiger charge is 2.15. The van der Waals surface area contributed by atoms with Gasteiger partial charge in [0.05, 0.1) is 6.26 Å². The van der Waals surface area contributed by atoms with Crippen LogP contribution >= 0.6 is 0 Å². The second-order valence-corrected chi connectivity index (χ2v) is 2.24. The summed E-state index contributed by atoms with van der Waals surface area (Å²) in [5, 5.41) is 0. The molecule has 2 rings (SSSR count). The first kappa shape index (κ1) is 6.22. The van der Waals surface area contributed by atoms with Crippen LogP contribution in [-0.2, 0) is 4.74 Å². The zero-order valence-corrected chi connectivity index (χ0v) is 5.91. The van der Waals surface area contributed by atoms with Crippen molar-refractivity contribution in [3.8, 4) is 0 Å². The molecule has 1 aromatic rings. The summed E-state index contributed by atoms with van der Waals surface area (Å²) in [5.41, 5.74) is 0. The first-order valence-electron chi connectivity index (χ1n) is 3.30. The van der Waals surface area contributed by atoms with E-state index in [0.29, 0.717) is 24.0 Å². The lowest BCUT2D eigenvalue weighted by molar-refractivity contribution is 0.423. The minimum atomic E-state index is 0.528. The number of hydrogen-bond acceptors (Lipinski definition) is 3. The standard InChI is InChI=1S/C8H7NO2/c1-6-5-9-8(11-6)7-3-2-4-10-7/h2-4H,1,5H2. The average molecular weight is 149 g/mol. The molecule has 0 fully saturated rings. The van der Waals surface area contributed by atoms with Gasteiger partial charge in [0.1, 0.15) is 12.3 Å². The lowest BCUT2D eigenvalue weighted by atomic mass is 10.4. The Bertz CT molecular complexity index is 298. The Hall–Kier alpha value is -1.51. The fourth-order valence-electron chi connectivity index (χ4n) is 0.890. The Morgan fingerprint density at radius 3 is 3.00 bits per heavy atom. The zero-order chi connectivity index (χ0) is 7.68. The van der Waals surface area contributed by atoms with Crippen molar-refractivity contribution < 1.29 is 9.15 Å². The van der Waals surface area contributed by atoms with Crippen LogP contribution in [0.3, 0.4) is 0 Å². The Kier molecular flexibility index (Phi) is 1.28. The van der Waals surface area contributed by atoms with Gasteiger partial charge >= 0.3 is 0 Å². The summed E-state index contributed by atoms with van der Waals surface area (Å²) in [7, 11) is 0. The summed E-state index contributed by atoms with van der Waals surface area (Å²) in [5.74, 6) is 1.85. The van der Waals surface area contributed by atoms with Crippen LogP contribution in [-0.4, -0.2) is 12.4 Å². The largest absolute Gasteiger partial charge is 0.459 e. The van der Waals surface area contributed by atoms with Gasteiger partial charge < -0.3 is 9.15 Å². The normalized spacial score (nSPS) is 16.4. The van der Waals surface area contributed by atoms with Gasteiger partial charge in [-0.25, -0.2) is 4.99 Å². The van der Waals surface area contributed by atoms with Crippen molar-refractivity contribution in [2.75, 3.05) is 6.54 Å². The lowest BCUT2D eigenvalue weighted by Gasteiger charge is -1.95. The van der Waals surface area contributed by atoms with Gasteiger partial charge in [-0.1, -0.05) is 6.58 Å². The number of rotatable bonds is 1. The van der Waals surface area contributed by atoms with Gasteiger partial charge in [-0.3, -0.25) is 0 Å². The fraction of sp³-hybridized carbons (Fsp3) is 0.125. The van der Waals surface area contributed by atoms with Gasteiger partial charge in [0, 0.05) is 0 Å². The summed E-state index contributed by atoms with van der Waals surface area (Å²) < 4.78 is 10.2. The predicted octanol–water partition coefficient (Wildman–Crippen LogP) is 1.57. The SMILES string of the molecule is C=C1CN=C(c2ccco2)O1. The van der Waals surface area contributed by atoms with E-state index in [9.17, 15) is 0 Å². The highest BCUT2D eigenvalue weighted by molar-refractivity contribution is 5.93. The van der Waals surface area contributed by atoms with Gasteiger partial charge in [-0.05, 0) is 12.1 Å². The van der Waals surface area contributed by atoms with Crippen LogP contribution in [0.2, 0.25) is 0 Å². The van der Waals surface area contributed by atoms with Crippen molar-refractivity contribution in [1.29, 1.82) is 0 Å². The Labute approximate surface area is 64.0 Å². The van der Waals surface area contributed by atoms with Crippen LogP contribution in [0.4, 0.5) is 0 Å². The average Bonchev–Trinajstić information content (AvgIpc) is 2.55. The van der Waals surface area contributed by atoms with E-state index >= 15 is 0 Å². The van der Waals surface area contributed by atoms with Crippen molar-refractivity contribution in [3.05, 3.63) is 36.5 Å². The second-order valence-electron chi connectivity index (χ2n) is 2.24. The minimum absolute atomic E-state index is 0.528. The fourth-order valence-corrected chi connectivity index (χ4v) is 0.890. The third-order valence-corrected chi connectivity index (χ3v) is 1.37. The number of hydrogen-bond donors (Lipinski definition) is 0. The number of aliphatic imine (C=N–C) groups is 1. The van der Waals surface area contributed by atoms with Crippen molar-refractivity contribution in [2.45, 2.75) is 0 Å². The highest BCUT2D eigenvalue weighted by atomic mass is 16.5. The molecule has 2 heterocycles. The third-order valence-electron chi connectivity index (χ3n) is 1.37. The molecule has 0 amide bonds. The van der Waals surface area contributed by atoms with E-state index in [4.69, 9.17) is 9.15 Å². The lowest BCUT2D eigenvalue weighted by Crippen LogP contribution is -1.96. The molecular formula is C8H7NO2. The van der Waals surface area contributed by atoms with Gasteiger partial charge in [0.15, 0.2) is 5.76 Å². The summed E-state index contributed by atoms with van der Waals surface area (Å²) in [6.07, 6.45) is 1.59. The summed E-state index contributed by atoms with van der Waals surface area (Å²) in [4.78, 5) is 4.06. The maximum Gasteiger partial charge on any atom is 0.258 e. The molecule has 0 radical (unpaired) electrons. The smallest absolute Gasteiger partial charge is 0.258 e. The van der Waals surface area contributed by atoms with Crippen molar-refractivity contribution in [2.24, 2.45) is 4.99 Å². The maximum atomic E-state index is 5.17. The van der Waals surface area contributed by atoms with E-state index in [-0.39, 0.29) is 0 Å². The van der Waals surface area contributed by atoms with E-state index in [1.54, 1.807) is 18.4 Å². The molecule has 0 aliphatic carbocycles. The molecule has 0 aromatic carbocycles. The molecule has 56 valence electrons. The monoisotopic (exact) mass is 149 g/mol. The first-order chi connectivity index (χ1) is 5.36. The van der Waals surface area contributed by atoms with E-state index < -0.39 is 0 Å². The van der Waals surface area contributed by atoms with Crippen LogP contribution in [0.15, 0.2) is 40.1 Å². The molecule has 1 aliphatic heterocycles. The van der Waals surface area contributed by atoms with Crippen LogP contribution in [0, 0.1) is 0 Å². The maximum absolute atomic E-state index is 5.17. The number of nitrogens with zero attached hydrogens (tertiary/aromatic N) is 1. The Morgan fingerprint density at radius 2 is 2.45 bits per heavy atom. The van der Waals surface area contributed by atoms with Gasteiger partial charge in [0.25, 0.3) is 5.90 Å². The topological polar surface area (TPSA) is 34.7 Å². The summed E-state index contributed by atoms with van der Waals surface area (Å²) in [6, 6.07) is 3.60. The third kappa shape index (κ3) is 1.05. The number of furan rings is 1. The molecule has 3 heteroatoms. The Morgan fingerprint density at radius 1 is 1.55 bits per heavy atom. The van der Waals surface area contributed by atoms with Crippen LogP contribution in [0.1, 0.15) is 5.76 Å². The molecule has 0 atom stereocenters. The van der Waals surface area contributed by atoms with Gasteiger partial charge in [-0.15, -0.1) is 0 Å². The molecule has 0 spiro atoms. The first-order valence-corrected chi connectivity index (χ1v) is 3.30. The van der Waals surface area contributed by atoms with Gasteiger partial charge in [0.2, 0.25) is 0 Å². The van der Waals surface area contributed by atoms with Crippen LogP contribution < -0.4 is 0 Å². The van der Waals surface area contributed by atoms with Crippen molar-refractivity contribution in [1.82, 2.24) is 0 Å².